The van der Waals surface area contributed by atoms with E-state index in [2.05, 4.69) is 22.0 Å². The van der Waals surface area contributed by atoms with E-state index < -0.39 is 6.04 Å². The van der Waals surface area contributed by atoms with E-state index in [-0.39, 0.29) is 11.7 Å². The third-order valence-corrected chi connectivity index (χ3v) is 5.17. The summed E-state index contributed by atoms with van der Waals surface area (Å²) in [7, 11) is 3.25. The van der Waals surface area contributed by atoms with Crippen molar-refractivity contribution >= 4 is 34.6 Å². The number of thiazole rings is 1. The lowest BCUT2D eigenvalue weighted by molar-refractivity contribution is -0.119. The summed E-state index contributed by atoms with van der Waals surface area (Å²) < 4.78 is 4.25. The molecule has 0 radical (unpaired) electrons. The van der Waals surface area contributed by atoms with Crippen molar-refractivity contribution in [3.8, 4) is 10.6 Å². The number of rotatable bonds is 8. The Morgan fingerprint density at radius 2 is 1.93 bits per heavy atom. The molecule has 0 spiro atoms. The van der Waals surface area contributed by atoms with Crippen molar-refractivity contribution in [1.82, 2.24) is 10.3 Å². The van der Waals surface area contributed by atoms with Gasteiger partial charge in [0, 0.05) is 24.8 Å². The van der Waals surface area contributed by atoms with Gasteiger partial charge in [0.2, 0.25) is 0 Å². The molecule has 0 aliphatic heterocycles. The van der Waals surface area contributed by atoms with Crippen molar-refractivity contribution in [2.24, 2.45) is 0 Å². The Hall–Kier alpha value is -1.76. The van der Waals surface area contributed by atoms with Crippen LogP contribution in [-0.4, -0.2) is 36.9 Å². The van der Waals surface area contributed by atoms with Crippen molar-refractivity contribution < 1.29 is 14.3 Å². The maximum Gasteiger partial charge on any atom is 0.263 e. The van der Waals surface area contributed by atoms with Crippen LogP contribution < -0.4 is 5.32 Å². The lowest BCUT2D eigenvalue weighted by Gasteiger charge is -2.14. The van der Waals surface area contributed by atoms with Crippen LogP contribution in [-0.2, 0) is 9.53 Å². The fourth-order valence-electron chi connectivity index (χ4n) is 2.58. The number of aryl methyl sites for hydroxylation is 1. The Morgan fingerprint density at radius 1 is 1.25 bits per heavy atom. The number of ketones is 1. The van der Waals surface area contributed by atoms with Gasteiger partial charge in [0.1, 0.15) is 9.88 Å². The molecule has 0 saturated carbocycles. The van der Waals surface area contributed by atoms with E-state index in [1.165, 1.54) is 18.3 Å². The van der Waals surface area contributed by atoms with E-state index in [1.807, 2.05) is 25.1 Å². The number of carbonyl (C=O) groups is 2. The highest BCUT2D eigenvalue weighted by atomic mass is 35.5. The predicted octanol–water partition coefficient (Wildman–Crippen LogP) is 5.30. The molecule has 1 amide bonds. The summed E-state index contributed by atoms with van der Waals surface area (Å²) in [4.78, 5) is 29.0. The molecule has 1 unspecified atom stereocenters. The van der Waals surface area contributed by atoms with Crippen molar-refractivity contribution in [2.75, 3.05) is 14.2 Å². The van der Waals surface area contributed by atoms with Gasteiger partial charge in [0.25, 0.3) is 5.91 Å². The van der Waals surface area contributed by atoms with Gasteiger partial charge in [0.05, 0.1) is 12.2 Å². The number of hydrogen-bond donors (Lipinski definition) is 1. The first-order chi connectivity index (χ1) is 13.3. The fourth-order valence-corrected chi connectivity index (χ4v) is 3.67. The van der Waals surface area contributed by atoms with Gasteiger partial charge in [-0.25, -0.2) is 4.98 Å². The Labute approximate surface area is 176 Å². The summed E-state index contributed by atoms with van der Waals surface area (Å²) >= 11 is 7.39. The molecule has 28 heavy (non-hydrogen) atoms. The topological polar surface area (TPSA) is 68.3 Å². The third kappa shape index (κ3) is 8.09. The fraction of sp³-hybridized carbons (Fsp3) is 0.476. The molecule has 0 saturated heterocycles. The molecule has 0 aliphatic rings. The van der Waals surface area contributed by atoms with Crippen molar-refractivity contribution in [3.63, 3.8) is 0 Å². The van der Waals surface area contributed by atoms with Crippen LogP contribution in [0, 0.1) is 6.92 Å². The van der Waals surface area contributed by atoms with Crippen LogP contribution in [0.1, 0.15) is 54.8 Å². The smallest absolute Gasteiger partial charge is 0.263 e. The summed E-state index contributed by atoms with van der Waals surface area (Å²) in [6.07, 6.45) is 5.29. The lowest BCUT2D eigenvalue weighted by atomic mass is 10.1. The van der Waals surface area contributed by atoms with Gasteiger partial charge < -0.3 is 10.1 Å². The first-order valence-electron chi connectivity index (χ1n) is 9.27. The number of amides is 1. The van der Waals surface area contributed by atoms with E-state index in [0.717, 1.165) is 35.4 Å². The summed E-state index contributed by atoms with van der Waals surface area (Å²) in [6, 6.07) is 5.26. The third-order valence-electron chi connectivity index (χ3n) is 3.91. The Balaban J connectivity index is 0.00000122. The molecule has 7 heteroatoms. The average Bonchev–Trinajstić information content (AvgIpc) is 3.11. The number of aromatic nitrogens is 1. The number of benzene rings is 1. The number of nitrogens with zero attached hydrogens (tertiary/aromatic N) is 1. The molecule has 154 valence electrons. The molecule has 0 fully saturated rings. The standard InChI is InChI=1S/C19H23ClN2O2S.C2H6O/c1-4-5-6-7-16(13(3)23)22-18(24)17-11-21-19(25-17)14-8-12(2)9-15(20)10-14;1-3-2/h8-11,16H,4-7H2,1-3H3,(H,22,24);1-2H3. The second-order valence-corrected chi connectivity index (χ2v) is 8.05. The van der Waals surface area contributed by atoms with Crippen LogP contribution >= 0.6 is 22.9 Å². The van der Waals surface area contributed by atoms with Crippen molar-refractivity contribution in [1.29, 1.82) is 0 Å². The second-order valence-electron chi connectivity index (χ2n) is 6.59. The highest BCUT2D eigenvalue weighted by Crippen LogP contribution is 2.28. The molecule has 5 nitrogen and oxygen atoms in total. The molecular formula is C21H29ClN2O3S. The summed E-state index contributed by atoms with van der Waals surface area (Å²) in [5.74, 6) is -0.265. The number of halogens is 1. The Kier molecular flexibility index (Phi) is 11.0. The van der Waals surface area contributed by atoms with E-state index in [4.69, 9.17) is 11.6 Å². The molecule has 1 aromatic heterocycles. The molecule has 1 heterocycles. The highest BCUT2D eigenvalue weighted by molar-refractivity contribution is 7.16. The molecule has 1 aromatic carbocycles. The minimum Gasteiger partial charge on any atom is -0.388 e. The monoisotopic (exact) mass is 424 g/mol. The number of Topliss-reactive ketones (excluding diaryl/α,β-unsaturated/α-hetero) is 1. The van der Waals surface area contributed by atoms with Crippen molar-refractivity contribution in [3.05, 3.63) is 39.9 Å². The molecule has 1 N–H and O–H groups in total. The zero-order chi connectivity index (χ0) is 21.1. The average molecular weight is 425 g/mol. The molecule has 0 bridgehead atoms. The molecular weight excluding hydrogens is 396 g/mol. The predicted molar refractivity (Wildman–Crippen MR) is 116 cm³/mol. The van der Waals surface area contributed by atoms with E-state index >= 15 is 0 Å². The molecule has 0 aliphatic carbocycles. The minimum absolute atomic E-state index is 0.0142. The Morgan fingerprint density at radius 3 is 2.50 bits per heavy atom. The lowest BCUT2D eigenvalue weighted by Crippen LogP contribution is -2.39. The minimum atomic E-state index is -0.432. The summed E-state index contributed by atoms with van der Waals surface area (Å²) in [5.41, 5.74) is 1.93. The number of nitrogens with one attached hydrogen (secondary N) is 1. The van der Waals surface area contributed by atoms with Gasteiger partial charge in [-0.2, -0.15) is 0 Å². The van der Waals surface area contributed by atoms with E-state index in [1.54, 1.807) is 20.4 Å². The number of hydrogen-bond acceptors (Lipinski definition) is 5. The normalized spacial score (nSPS) is 11.4. The number of ether oxygens (including phenoxy) is 1. The van der Waals surface area contributed by atoms with Crippen molar-refractivity contribution in [2.45, 2.75) is 52.5 Å². The molecule has 1 atom stereocenters. The zero-order valence-electron chi connectivity index (χ0n) is 17.2. The van der Waals surface area contributed by atoms with Crippen LogP contribution in [0.2, 0.25) is 5.02 Å². The van der Waals surface area contributed by atoms with Crippen LogP contribution in [0.25, 0.3) is 10.6 Å². The summed E-state index contributed by atoms with van der Waals surface area (Å²) in [6.45, 7) is 5.59. The van der Waals surface area contributed by atoms with Crippen LogP contribution in [0.3, 0.4) is 0 Å². The number of unbranched alkanes of at least 4 members (excludes halogenated alkanes) is 2. The quantitative estimate of drug-likeness (QED) is 0.583. The van der Waals surface area contributed by atoms with Gasteiger partial charge in [-0.15, -0.1) is 11.3 Å². The summed E-state index contributed by atoms with van der Waals surface area (Å²) in [5, 5.41) is 4.21. The van der Waals surface area contributed by atoms with E-state index in [9.17, 15) is 9.59 Å². The SMILES string of the molecule is CCCCCC(NC(=O)c1cnc(-c2cc(C)cc(Cl)c2)s1)C(C)=O.COC. The van der Waals surface area contributed by atoms with Crippen LogP contribution in [0.4, 0.5) is 0 Å². The van der Waals surface area contributed by atoms with Gasteiger partial charge in [-0.05, 0) is 44.0 Å². The highest BCUT2D eigenvalue weighted by Gasteiger charge is 2.19. The first-order valence-corrected chi connectivity index (χ1v) is 10.5. The number of carbonyl (C=O) groups excluding carboxylic acids is 2. The zero-order valence-corrected chi connectivity index (χ0v) is 18.7. The van der Waals surface area contributed by atoms with Gasteiger partial charge in [0.15, 0.2) is 5.78 Å². The van der Waals surface area contributed by atoms with Gasteiger partial charge in [-0.1, -0.05) is 37.8 Å². The Bertz CT molecular complexity index is 757. The van der Waals surface area contributed by atoms with Gasteiger partial charge in [-0.3, -0.25) is 9.59 Å². The van der Waals surface area contributed by atoms with E-state index in [0.29, 0.717) is 16.3 Å². The maximum absolute atomic E-state index is 12.5. The van der Waals surface area contributed by atoms with Crippen LogP contribution in [0.5, 0.6) is 0 Å². The number of methoxy groups -OCH3 is 1. The molecule has 2 rings (SSSR count). The second kappa shape index (κ2) is 12.6. The van der Waals surface area contributed by atoms with Crippen LogP contribution in [0.15, 0.2) is 24.4 Å². The maximum atomic E-state index is 12.5. The largest absolute Gasteiger partial charge is 0.388 e. The molecule has 2 aromatic rings. The first kappa shape index (κ1) is 24.3. The van der Waals surface area contributed by atoms with Gasteiger partial charge >= 0.3 is 0 Å².